The lowest BCUT2D eigenvalue weighted by molar-refractivity contribution is 0.0697. The van der Waals surface area contributed by atoms with Crippen molar-refractivity contribution in [1.82, 2.24) is 10.3 Å². The smallest absolute Gasteiger partial charge is 0.335 e. The van der Waals surface area contributed by atoms with Crippen LogP contribution in [0.4, 0.5) is 5.69 Å². The van der Waals surface area contributed by atoms with Gasteiger partial charge >= 0.3 is 5.97 Å². The first-order valence-corrected chi connectivity index (χ1v) is 6.33. The molecule has 2 N–H and O–H groups in total. The van der Waals surface area contributed by atoms with Crippen molar-refractivity contribution in [3.8, 4) is 0 Å². The molecule has 1 aliphatic rings. The fraction of sp³-hybridized carbons (Fsp3) is 0.286. The molecule has 0 radical (unpaired) electrons. The molecule has 0 unspecified atom stereocenters. The molecule has 0 amide bonds. The first-order valence-electron chi connectivity index (χ1n) is 6.33. The minimum atomic E-state index is -0.906. The summed E-state index contributed by atoms with van der Waals surface area (Å²) in [6.45, 7) is 3.75. The van der Waals surface area contributed by atoms with Crippen molar-refractivity contribution in [3.05, 3.63) is 36.0 Å². The van der Waals surface area contributed by atoms with Gasteiger partial charge in [0.1, 0.15) is 0 Å². The number of carboxylic acid groups (broad SMARTS) is 1. The summed E-state index contributed by atoms with van der Waals surface area (Å²) >= 11 is 0. The Kier molecular flexibility index (Phi) is 3.05. The van der Waals surface area contributed by atoms with Gasteiger partial charge in [0.25, 0.3) is 0 Å². The maximum Gasteiger partial charge on any atom is 0.335 e. The molecule has 2 heterocycles. The van der Waals surface area contributed by atoms with E-state index in [9.17, 15) is 4.79 Å². The quantitative estimate of drug-likeness (QED) is 0.850. The number of piperazine rings is 1. The summed E-state index contributed by atoms with van der Waals surface area (Å²) in [4.78, 5) is 17.7. The number of rotatable bonds is 2. The fourth-order valence-corrected chi connectivity index (χ4v) is 2.45. The molecule has 3 rings (SSSR count). The summed E-state index contributed by atoms with van der Waals surface area (Å²) in [5, 5.41) is 13.3. The SMILES string of the molecule is O=C(O)c1ccc2nccc(N3CCNCC3)c2c1. The van der Waals surface area contributed by atoms with Crippen molar-refractivity contribution in [2.24, 2.45) is 0 Å². The Balaban J connectivity index is 2.11. The average Bonchev–Trinajstić information content (AvgIpc) is 2.47. The second-order valence-electron chi connectivity index (χ2n) is 4.60. The highest BCUT2D eigenvalue weighted by atomic mass is 16.4. The second-order valence-corrected chi connectivity index (χ2v) is 4.60. The largest absolute Gasteiger partial charge is 0.478 e. The maximum absolute atomic E-state index is 11.1. The number of carbonyl (C=O) groups is 1. The van der Waals surface area contributed by atoms with Gasteiger partial charge in [-0.05, 0) is 24.3 Å². The lowest BCUT2D eigenvalue weighted by Crippen LogP contribution is -2.43. The van der Waals surface area contributed by atoms with Crippen LogP contribution in [0.5, 0.6) is 0 Å². The third-order valence-corrected chi connectivity index (χ3v) is 3.42. The molecule has 0 spiro atoms. The average molecular weight is 257 g/mol. The number of anilines is 1. The van der Waals surface area contributed by atoms with E-state index in [4.69, 9.17) is 5.11 Å². The van der Waals surface area contributed by atoms with Gasteiger partial charge in [-0.25, -0.2) is 4.79 Å². The predicted octanol–water partition coefficient (Wildman–Crippen LogP) is 1.34. The molecule has 1 aromatic heterocycles. The summed E-state index contributed by atoms with van der Waals surface area (Å²) in [6, 6.07) is 7.03. The highest BCUT2D eigenvalue weighted by molar-refractivity contribution is 5.98. The van der Waals surface area contributed by atoms with Crippen molar-refractivity contribution in [3.63, 3.8) is 0 Å². The van der Waals surface area contributed by atoms with E-state index in [-0.39, 0.29) is 0 Å². The van der Waals surface area contributed by atoms with Crippen LogP contribution < -0.4 is 10.2 Å². The topological polar surface area (TPSA) is 65.5 Å². The maximum atomic E-state index is 11.1. The molecule has 1 aromatic carbocycles. The third kappa shape index (κ3) is 2.24. The molecule has 98 valence electrons. The third-order valence-electron chi connectivity index (χ3n) is 3.42. The number of fused-ring (bicyclic) bond motifs is 1. The Hall–Kier alpha value is -2.14. The highest BCUT2D eigenvalue weighted by Gasteiger charge is 2.14. The molecule has 5 heteroatoms. The molecule has 5 nitrogen and oxygen atoms in total. The molecule has 2 aromatic rings. The van der Waals surface area contributed by atoms with Gasteiger partial charge in [0.05, 0.1) is 11.1 Å². The summed E-state index contributed by atoms with van der Waals surface area (Å²) < 4.78 is 0. The Morgan fingerprint density at radius 1 is 1.26 bits per heavy atom. The van der Waals surface area contributed by atoms with Crippen LogP contribution in [0.3, 0.4) is 0 Å². The molecular weight excluding hydrogens is 242 g/mol. The van der Waals surface area contributed by atoms with Gasteiger partial charge < -0.3 is 15.3 Å². The van der Waals surface area contributed by atoms with E-state index in [2.05, 4.69) is 15.2 Å². The first-order chi connectivity index (χ1) is 9.25. The monoisotopic (exact) mass is 257 g/mol. The minimum Gasteiger partial charge on any atom is -0.478 e. The molecule has 0 bridgehead atoms. The predicted molar refractivity (Wildman–Crippen MR) is 73.8 cm³/mol. The van der Waals surface area contributed by atoms with E-state index in [1.54, 1.807) is 24.4 Å². The molecule has 1 aliphatic heterocycles. The van der Waals surface area contributed by atoms with Crippen LogP contribution in [0.2, 0.25) is 0 Å². The van der Waals surface area contributed by atoms with E-state index in [1.807, 2.05) is 6.07 Å². The standard InChI is InChI=1S/C14H15N3O2/c18-14(19)10-1-2-12-11(9-10)13(3-4-16-12)17-7-5-15-6-8-17/h1-4,9,15H,5-8H2,(H,18,19). The Labute approximate surface area is 110 Å². The summed E-state index contributed by atoms with van der Waals surface area (Å²) in [7, 11) is 0. The van der Waals surface area contributed by atoms with Gasteiger partial charge in [-0.1, -0.05) is 0 Å². The van der Waals surface area contributed by atoms with Crippen LogP contribution in [0.1, 0.15) is 10.4 Å². The number of carboxylic acids is 1. The van der Waals surface area contributed by atoms with Crippen LogP contribution in [0, 0.1) is 0 Å². The van der Waals surface area contributed by atoms with Crippen molar-refractivity contribution in [2.75, 3.05) is 31.1 Å². The van der Waals surface area contributed by atoms with E-state index in [0.29, 0.717) is 5.56 Å². The number of nitrogens with one attached hydrogen (secondary N) is 1. The number of nitrogens with zero attached hydrogens (tertiary/aromatic N) is 2. The van der Waals surface area contributed by atoms with Crippen molar-refractivity contribution >= 4 is 22.6 Å². The summed E-state index contributed by atoms with van der Waals surface area (Å²) in [5.74, 6) is -0.906. The number of hydrogen-bond donors (Lipinski definition) is 2. The second kappa shape index (κ2) is 4.85. The lowest BCUT2D eigenvalue weighted by Gasteiger charge is -2.30. The highest BCUT2D eigenvalue weighted by Crippen LogP contribution is 2.26. The van der Waals surface area contributed by atoms with Gasteiger partial charge in [-0.2, -0.15) is 0 Å². The Bertz CT molecular complexity index is 621. The van der Waals surface area contributed by atoms with Crippen LogP contribution in [0.25, 0.3) is 10.9 Å². The number of benzene rings is 1. The number of aromatic carboxylic acids is 1. The molecule has 1 saturated heterocycles. The van der Waals surface area contributed by atoms with Gasteiger partial charge in [0.2, 0.25) is 0 Å². The van der Waals surface area contributed by atoms with Crippen LogP contribution in [-0.2, 0) is 0 Å². The van der Waals surface area contributed by atoms with Gasteiger partial charge in [0.15, 0.2) is 0 Å². The molecule has 19 heavy (non-hydrogen) atoms. The van der Waals surface area contributed by atoms with E-state index in [1.165, 1.54) is 0 Å². The van der Waals surface area contributed by atoms with E-state index >= 15 is 0 Å². The lowest BCUT2D eigenvalue weighted by atomic mass is 10.1. The summed E-state index contributed by atoms with van der Waals surface area (Å²) in [6.07, 6.45) is 1.78. The molecule has 1 fully saturated rings. The summed E-state index contributed by atoms with van der Waals surface area (Å²) in [5.41, 5.74) is 2.20. The van der Waals surface area contributed by atoms with E-state index in [0.717, 1.165) is 42.8 Å². The van der Waals surface area contributed by atoms with E-state index < -0.39 is 5.97 Å². The molecular formula is C14H15N3O2. The van der Waals surface area contributed by atoms with Crippen molar-refractivity contribution < 1.29 is 9.90 Å². The number of pyridine rings is 1. The van der Waals surface area contributed by atoms with Crippen molar-refractivity contribution in [1.29, 1.82) is 0 Å². The number of aromatic nitrogens is 1. The fourth-order valence-electron chi connectivity index (χ4n) is 2.45. The van der Waals surface area contributed by atoms with Gasteiger partial charge in [0, 0.05) is 43.4 Å². The molecule has 0 saturated carbocycles. The first kappa shape index (κ1) is 11.9. The van der Waals surface area contributed by atoms with Crippen LogP contribution >= 0.6 is 0 Å². The van der Waals surface area contributed by atoms with Crippen LogP contribution in [-0.4, -0.2) is 42.2 Å². The minimum absolute atomic E-state index is 0.303. The molecule has 0 aliphatic carbocycles. The van der Waals surface area contributed by atoms with Crippen molar-refractivity contribution in [2.45, 2.75) is 0 Å². The van der Waals surface area contributed by atoms with Crippen LogP contribution in [0.15, 0.2) is 30.5 Å². The Morgan fingerprint density at radius 2 is 2.05 bits per heavy atom. The van der Waals surface area contributed by atoms with Gasteiger partial charge in [-0.3, -0.25) is 4.98 Å². The zero-order valence-electron chi connectivity index (χ0n) is 10.5. The zero-order chi connectivity index (χ0) is 13.2. The Morgan fingerprint density at radius 3 is 2.79 bits per heavy atom. The molecule has 0 atom stereocenters. The normalized spacial score (nSPS) is 15.7. The number of hydrogen-bond acceptors (Lipinski definition) is 4. The van der Waals surface area contributed by atoms with Gasteiger partial charge in [-0.15, -0.1) is 0 Å². The zero-order valence-corrected chi connectivity index (χ0v) is 10.5.